The van der Waals surface area contributed by atoms with Crippen molar-refractivity contribution in [2.24, 2.45) is 11.0 Å². The van der Waals surface area contributed by atoms with E-state index in [9.17, 15) is 4.79 Å². The van der Waals surface area contributed by atoms with Gasteiger partial charge < -0.3 is 4.74 Å². The molecule has 1 aliphatic heterocycles. The van der Waals surface area contributed by atoms with Crippen LogP contribution in [0, 0.1) is 12.8 Å². The Balaban J connectivity index is 2.23. The maximum Gasteiger partial charge on any atom is 0.247 e. The molecule has 1 aliphatic rings. The zero-order chi connectivity index (χ0) is 14.9. The van der Waals surface area contributed by atoms with E-state index in [1.54, 1.807) is 19.1 Å². The molecule has 0 spiro atoms. The standard InChI is InChI=1S/C14H14Cl2N2O2/c1-7(2)9-6-12(17-18-14(9)19)20-13-10(15)4-8(3)5-11(13)16/h4-5,9H,1,6H2,2-3H3,(H,18,19). The summed E-state index contributed by atoms with van der Waals surface area (Å²) in [7, 11) is 0. The first kappa shape index (κ1) is 14.9. The fourth-order valence-corrected chi connectivity index (χ4v) is 2.55. The van der Waals surface area contributed by atoms with Crippen molar-refractivity contribution in [2.75, 3.05) is 0 Å². The van der Waals surface area contributed by atoms with Crippen LogP contribution >= 0.6 is 23.2 Å². The van der Waals surface area contributed by atoms with Crippen molar-refractivity contribution in [3.63, 3.8) is 0 Å². The van der Waals surface area contributed by atoms with E-state index in [4.69, 9.17) is 27.9 Å². The molecule has 0 aromatic heterocycles. The highest BCUT2D eigenvalue weighted by atomic mass is 35.5. The Hall–Kier alpha value is -1.52. The van der Waals surface area contributed by atoms with E-state index >= 15 is 0 Å². The molecule has 1 unspecified atom stereocenters. The number of benzene rings is 1. The number of nitrogens with zero attached hydrogens (tertiary/aromatic N) is 1. The summed E-state index contributed by atoms with van der Waals surface area (Å²) >= 11 is 12.2. The number of halogens is 2. The zero-order valence-electron chi connectivity index (χ0n) is 11.2. The minimum Gasteiger partial charge on any atom is -0.438 e. The number of carbonyl (C=O) groups is 1. The smallest absolute Gasteiger partial charge is 0.247 e. The first-order chi connectivity index (χ1) is 9.38. The molecule has 0 fully saturated rings. The number of hydrogen-bond donors (Lipinski definition) is 1. The lowest BCUT2D eigenvalue weighted by atomic mass is 9.96. The van der Waals surface area contributed by atoms with Gasteiger partial charge in [0.1, 0.15) is 0 Å². The fraction of sp³-hybridized carbons (Fsp3) is 0.286. The topological polar surface area (TPSA) is 50.7 Å². The normalized spacial score (nSPS) is 18.3. The predicted octanol–water partition coefficient (Wildman–Crippen LogP) is 3.71. The summed E-state index contributed by atoms with van der Waals surface area (Å²) in [5.74, 6) is 0.149. The summed E-state index contributed by atoms with van der Waals surface area (Å²) in [4.78, 5) is 11.6. The van der Waals surface area contributed by atoms with Gasteiger partial charge in [-0.15, -0.1) is 5.10 Å². The lowest BCUT2D eigenvalue weighted by molar-refractivity contribution is -0.124. The fourth-order valence-electron chi connectivity index (χ4n) is 1.87. The molecule has 4 nitrogen and oxygen atoms in total. The Kier molecular flexibility index (Phi) is 4.35. The Bertz CT molecular complexity index is 588. The second-order valence-corrected chi connectivity index (χ2v) is 5.56. The van der Waals surface area contributed by atoms with Crippen molar-refractivity contribution >= 4 is 35.0 Å². The highest BCUT2D eigenvalue weighted by Crippen LogP contribution is 2.35. The number of hydrogen-bond acceptors (Lipinski definition) is 3. The first-order valence-corrected chi connectivity index (χ1v) is 6.79. The van der Waals surface area contributed by atoms with Gasteiger partial charge in [-0.3, -0.25) is 4.79 Å². The molecule has 0 aliphatic carbocycles. The van der Waals surface area contributed by atoms with E-state index in [1.165, 1.54) is 0 Å². The third kappa shape index (κ3) is 3.14. The molecule has 1 atom stereocenters. The van der Waals surface area contributed by atoms with Gasteiger partial charge in [0, 0.05) is 6.42 Å². The third-order valence-electron chi connectivity index (χ3n) is 2.94. The van der Waals surface area contributed by atoms with Gasteiger partial charge in [0.25, 0.3) is 0 Å². The molecule has 0 radical (unpaired) electrons. The number of ether oxygens (including phenoxy) is 1. The van der Waals surface area contributed by atoms with E-state index < -0.39 is 0 Å². The van der Waals surface area contributed by atoms with Crippen LogP contribution in [0.15, 0.2) is 29.4 Å². The van der Waals surface area contributed by atoms with Gasteiger partial charge in [-0.05, 0) is 31.5 Å². The quantitative estimate of drug-likeness (QED) is 0.846. The number of hydrazone groups is 1. The average molecular weight is 313 g/mol. The molecule has 2 rings (SSSR count). The molecule has 1 aromatic rings. The summed E-state index contributed by atoms with van der Waals surface area (Å²) in [6.07, 6.45) is 0.335. The molecule has 0 saturated heterocycles. The lowest BCUT2D eigenvalue weighted by Gasteiger charge is -2.22. The van der Waals surface area contributed by atoms with E-state index in [0.717, 1.165) is 11.1 Å². The maximum absolute atomic E-state index is 11.6. The van der Waals surface area contributed by atoms with E-state index in [1.807, 2.05) is 6.92 Å². The Morgan fingerprint density at radius 1 is 1.45 bits per heavy atom. The van der Waals surface area contributed by atoms with Gasteiger partial charge in [0.2, 0.25) is 11.8 Å². The van der Waals surface area contributed by atoms with Crippen LogP contribution < -0.4 is 10.2 Å². The highest BCUT2D eigenvalue weighted by Gasteiger charge is 2.27. The van der Waals surface area contributed by atoms with Crippen molar-refractivity contribution < 1.29 is 9.53 Å². The van der Waals surface area contributed by atoms with Crippen molar-refractivity contribution in [3.8, 4) is 5.75 Å². The van der Waals surface area contributed by atoms with Gasteiger partial charge in [0.05, 0.1) is 16.0 Å². The Labute approximate surface area is 127 Å². The molecule has 1 aromatic carbocycles. The number of nitrogens with one attached hydrogen (secondary N) is 1. The number of carbonyl (C=O) groups excluding carboxylic acids is 1. The van der Waals surface area contributed by atoms with Gasteiger partial charge in [0.15, 0.2) is 5.75 Å². The van der Waals surface area contributed by atoms with Gasteiger partial charge in [-0.25, -0.2) is 5.43 Å². The molecule has 1 heterocycles. The summed E-state index contributed by atoms with van der Waals surface area (Å²) in [5, 5.41) is 4.69. The van der Waals surface area contributed by atoms with Crippen LogP contribution in [0.25, 0.3) is 0 Å². The van der Waals surface area contributed by atoms with Crippen LogP contribution in [0.5, 0.6) is 5.75 Å². The SMILES string of the molecule is C=C(C)C1CC(Oc2c(Cl)cc(C)cc2Cl)=NNC1=O. The molecule has 1 amide bonds. The van der Waals surface area contributed by atoms with Gasteiger partial charge in [-0.1, -0.05) is 35.4 Å². The summed E-state index contributed by atoms with van der Waals surface area (Å²) in [5.41, 5.74) is 4.10. The zero-order valence-corrected chi connectivity index (χ0v) is 12.7. The van der Waals surface area contributed by atoms with Crippen molar-refractivity contribution in [3.05, 3.63) is 39.9 Å². The number of amides is 1. The molecule has 0 saturated carbocycles. The maximum atomic E-state index is 11.6. The second kappa shape index (κ2) is 5.85. The molecular weight excluding hydrogens is 299 g/mol. The summed E-state index contributed by atoms with van der Waals surface area (Å²) in [6, 6.07) is 3.50. The largest absolute Gasteiger partial charge is 0.438 e. The lowest BCUT2D eigenvalue weighted by Crippen LogP contribution is -2.36. The van der Waals surface area contributed by atoms with Crippen molar-refractivity contribution in [2.45, 2.75) is 20.3 Å². The summed E-state index contributed by atoms with van der Waals surface area (Å²) < 4.78 is 5.63. The highest BCUT2D eigenvalue weighted by molar-refractivity contribution is 6.37. The minimum atomic E-state index is -0.356. The average Bonchev–Trinajstić information content (AvgIpc) is 2.35. The van der Waals surface area contributed by atoms with Crippen LogP contribution in [0.3, 0.4) is 0 Å². The first-order valence-electron chi connectivity index (χ1n) is 6.03. The second-order valence-electron chi connectivity index (χ2n) is 4.74. The number of rotatable bonds is 2. The molecule has 20 heavy (non-hydrogen) atoms. The van der Waals surface area contributed by atoms with E-state index in [0.29, 0.717) is 28.1 Å². The van der Waals surface area contributed by atoms with Crippen LogP contribution in [0.4, 0.5) is 0 Å². The van der Waals surface area contributed by atoms with Crippen LogP contribution in [-0.4, -0.2) is 11.8 Å². The molecule has 106 valence electrons. The monoisotopic (exact) mass is 312 g/mol. The van der Waals surface area contributed by atoms with E-state index in [2.05, 4.69) is 17.1 Å². The van der Waals surface area contributed by atoms with Gasteiger partial charge in [-0.2, -0.15) is 0 Å². The minimum absolute atomic E-state index is 0.189. The predicted molar refractivity (Wildman–Crippen MR) is 80.3 cm³/mol. The number of aryl methyl sites for hydroxylation is 1. The molecule has 1 N–H and O–H groups in total. The Morgan fingerprint density at radius 2 is 2.05 bits per heavy atom. The van der Waals surface area contributed by atoms with Gasteiger partial charge >= 0.3 is 0 Å². The van der Waals surface area contributed by atoms with Crippen molar-refractivity contribution in [1.82, 2.24) is 5.43 Å². The Morgan fingerprint density at radius 3 is 2.60 bits per heavy atom. The molecule has 0 bridgehead atoms. The van der Waals surface area contributed by atoms with E-state index in [-0.39, 0.29) is 11.8 Å². The molecular formula is C14H14Cl2N2O2. The van der Waals surface area contributed by atoms with Crippen LogP contribution in [-0.2, 0) is 4.79 Å². The molecule has 6 heteroatoms. The summed E-state index contributed by atoms with van der Waals surface area (Å²) in [6.45, 7) is 7.47. The van der Waals surface area contributed by atoms with Crippen LogP contribution in [0.2, 0.25) is 10.0 Å². The third-order valence-corrected chi connectivity index (χ3v) is 3.50. The van der Waals surface area contributed by atoms with Crippen molar-refractivity contribution in [1.29, 1.82) is 0 Å². The van der Waals surface area contributed by atoms with Crippen LogP contribution in [0.1, 0.15) is 18.9 Å².